The molecule has 1 fully saturated rings. The summed E-state index contributed by atoms with van der Waals surface area (Å²) >= 11 is 1.71. The van der Waals surface area contributed by atoms with Crippen LogP contribution in [-0.2, 0) is 0 Å². The largest absolute Gasteiger partial charge is 0.464 e. The Balaban J connectivity index is 1.33. The molecule has 32 heavy (non-hydrogen) atoms. The second-order valence-electron chi connectivity index (χ2n) is 7.69. The molecule has 0 spiro atoms. The van der Waals surface area contributed by atoms with E-state index >= 15 is 0 Å². The van der Waals surface area contributed by atoms with Crippen LogP contribution in [0.5, 0.6) is 0 Å². The van der Waals surface area contributed by atoms with Gasteiger partial charge in [0, 0.05) is 23.2 Å². The normalized spacial score (nSPS) is 15.8. The molecule has 0 radical (unpaired) electrons. The molecule has 1 aliphatic rings. The minimum absolute atomic E-state index is 0.00867. The molecule has 1 N–H and O–H groups in total. The first kappa shape index (κ1) is 20.4. The number of nitrogens with one attached hydrogen (secondary N) is 1. The number of benzene rings is 3. The third-order valence-corrected chi connectivity index (χ3v) is 6.80. The summed E-state index contributed by atoms with van der Waals surface area (Å²) in [5, 5.41) is 3.81. The fourth-order valence-corrected chi connectivity index (χ4v) is 5.27. The van der Waals surface area contributed by atoms with Crippen molar-refractivity contribution in [3.63, 3.8) is 0 Å². The highest BCUT2D eigenvalue weighted by Crippen LogP contribution is 2.29. The van der Waals surface area contributed by atoms with E-state index in [0.29, 0.717) is 29.1 Å². The smallest absolute Gasteiger partial charge is 0.255 e. The Bertz CT molecular complexity index is 1270. The number of thioether (sulfide) groups is 1. The molecular weight excluding hydrogens is 420 g/mol. The molecule has 160 valence electrons. The molecule has 0 saturated carbocycles. The van der Waals surface area contributed by atoms with Crippen molar-refractivity contribution in [2.75, 3.05) is 18.2 Å². The summed E-state index contributed by atoms with van der Waals surface area (Å²) in [6.07, 6.45) is 1.58. The van der Waals surface area contributed by atoms with E-state index in [-0.39, 0.29) is 17.9 Å². The molecule has 5 rings (SSSR count). The van der Waals surface area contributed by atoms with E-state index in [1.54, 1.807) is 30.2 Å². The van der Waals surface area contributed by atoms with Gasteiger partial charge >= 0.3 is 0 Å². The molecule has 1 aromatic heterocycles. The molecule has 3 aromatic carbocycles. The van der Waals surface area contributed by atoms with Crippen molar-refractivity contribution in [3.8, 4) is 11.1 Å². The van der Waals surface area contributed by atoms with Crippen LogP contribution >= 0.6 is 11.8 Å². The first-order valence-corrected chi connectivity index (χ1v) is 11.7. The number of rotatable bonds is 5. The number of carbonyl (C=O) groups is 2. The monoisotopic (exact) mass is 442 g/mol. The molecule has 0 aliphatic carbocycles. The first-order valence-electron chi connectivity index (χ1n) is 10.5. The van der Waals surface area contributed by atoms with Crippen LogP contribution in [0.2, 0.25) is 0 Å². The lowest BCUT2D eigenvalue weighted by molar-refractivity contribution is 0.0737. The number of amides is 2. The summed E-state index contributed by atoms with van der Waals surface area (Å²) in [4.78, 5) is 28.2. The van der Waals surface area contributed by atoms with E-state index in [4.69, 9.17) is 4.42 Å². The van der Waals surface area contributed by atoms with Crippen molar-refractivity contribution in [3.05, 3.63) is 96.3 Å². The van der Waals surface area contributed by atoms with Crippen LogP contribution in [0.15, 0.2) is 89.5 Å². The number of hydrogen-bond donors (Lipinski definition) is 1. The van der Waals surface area contributed by atoms with E-state index < -0.39 is 0 Å². The summed E-state index contributed by atoms with van der Waals surface area (Å²) < 4.78 is 5.40. The predicted molar refractivity (Wildman–Crippen MR) is 128 cm³/mol. The van der Waals surface area contributed by atoms with Gasteiger partial charge in [-0.25, -0.2) is 0 Å². The molecule has 1 atom stereocenters. The Kier molecular flexibility index (Phi) is 5.69. The molecule has 5 nitrogen and oxygen atoms in total. The highest BCUT2D eigenvalue weighted by molar-refractivity contribution is 7.99. The lowest BCUT2D eigenvalue weighted by atomic mass is 9.98. The number of fused-ring (bicyclic) bond motifs is 1. The van der Waals surface area contributed by atoms with Crippen molar-refractivity contribution < 1.29 is 14.0 Å². The maximum atomic E-state index is 13.5. The lowest BCUT2D eigenvalue weighted by Crippen LogP contribution is -2.44. The van der Waals surface area contributed by atoms with Crippen LogP contribution in [0.1, 0.15) is 20.7 Å². The standard InChI is InChI=1S/C26H22N2O3S/c29-25(22-11-6-12-24-21(22)13-14-31-24)27-15-19-16-32-17-28(19)26(30)23-10-5-4-9-20(23)18-7-2-1-3-8-18/h1-14,19H,15-17H2,(H,27,29)/t19-/m1/s1. The van der Waals surface area contributed by atoms with Gasteiger partial charge < -0.3 is 14.6 Å². The van der Waals surface area contributed by atoms with Crippen molar-refractivity contribution in [1.82, 2.24) is 10.2 Å². The molecular formula is C26H22N2O3S. The number of hydrogen-bond acceptors (Lipinski definition) is 4. The first-order chi connectivity index (χ1) is 15.7. The zero-order valence-corrected chi connectivity index (χ0v) is 18.2. The van der Waals surface area contributed by atoms with Crippen molar-refractivity contribution in [2.24, 2.45) is 0 Å². The molecule has 1 aliphatic heterocycles. The summed E-state index contributed by atoms with van der Waals surface area (Å²) in [7, 11) is 0. The molecule has 4 aromatic rings. The SMILES string of the molecule is O=C(NC[C@@H]1CSCN1C(=O)c1ccccc1-c1ccccc1)c1cccc2occc12. The minimum atomic E-state index is -0.161. The Morgan fingerprint density at radius 3 is 2.59 bits per heavy atom. The quantitative estimate of drug-likeness (QED) is 0.470. The van der Waals surface area contributed by atoms with Gasteiger partial charge in [0.2, 0.25) is 0 Å². The topological polar surface area (TPSA) is 62.6 Å². The van der Waals surface area contributed by atoms with Gasteiger partial charge in [0.15, 0.2) is 0 Å². The highest BCUT2D eigenvalue weighted by Gasteiger charge is 2.31. The van der Waals surface area contributed by atoms with Gasteiger partial charge in [-0.2, -0.15) is 0 Å². The van der Waals surface area contributed by atoms with Crippen LogP contribution < -0.4 is 5.32 Å². The summed E-state index contributed by atoms with van der Waals surface area (Å²) in [5.74, 6) is 1.23. The highest BCUT2D eigenvalue weighted by atomic mass is 32.2. The number of carbonyl (C=O) groups excluding carboxylic acids is 2. The number of nitrogens with zero attached hydrogens (tertiary/aromatic N) is 1. The molecule has 0 unspecified atom stereocenters. The lowest BCUT2D eigenvalue weighted by Gasteiger charge is -2.25. The summed E-state index contributed by atoms with van der Waals surface area (Å²) in [5.41, 5.74) is 3.88. The van der Waals surface area contributed by atoms with Gasteiger partial charge in [0.25, 0.3) is 11.8 Å². The molecule has 2 amide bonds. The van der Waals surface area contributed by atoms with E-state index in [2.05, 4.69) is 5.32 Å². The summed E-state index contributed by atoms with van der Waals surface area (Å²) in [6, 6.07) is 24.8. The van der Waals surface area contributed by atoms with Gasteiger partial charge in [-0.3, -0.25) is 9.59 Å². The van der Waals surface area contributed by atoms with E-state index in [1.807, 2.05) is 71.6 Å². The average molecular weight is 443 g/mol. The Hall–Kier alpha value is -3.51. The second kappa shape index (κ2) is 8.93. The molecule has 1 saturated heterocycles. The van der Waals surface area contributed by atoms with Crippen LogP contribution in [-0.4, -0.2) is 40.9 Å². The van der Waals surface area contributed by atoms with Gasteiger partial charge in [-0.05, 0) is 35.4 Å². The van der Waals surface area contributed by atoms with E-state index in [9.17, 15) is 9.59 Å². The van der Waals surface area contributed by atoms with Crippen LogP contribution in [0.4, 0.5) is 0 Å². The van der Waals surface area contributed by atoms with Crippen molar-refractivity contribution in [2.45, 2.75) is 6.04 Å². The Labute approximate surface area is 190 Å². The van der Waals surface area contributed by atoms with E-state index in [0.717, 1.165) is 22.3 Å². The Morgan fingerprint density at radius 2 is 1.72 bits per heavy atom. The van der Waals surface area contributed by atoms with Gasteiger partial charge in [0.1, 0.15) is 5.58 Å². The molecule has 2 heterocycles. The van der Waals surface area contributed by atoms with Crippen molar-refractivity contribution in [1.29, 1.82) is 0 Å². The molecule has 0 bridgehead atoms. The van der Waals surface area contributed by atoms with Gasteiger partial charge in [0.05, 0.1) is 23.7 Å². The maximum absolute atomic E-state index is 13.5. The third kappa shape index (κ3) is 3.89. The fourth-order valence-electron chi connectivity index (χ4n) is 4.07. The Morgan fingerprint density at radius 1 is 0.938 bits per heavy atom. The van der Waals surface area contributed by atoms with Gasteiger partial charge in [-0.15, -0.1) is 11.8 Å². The molecule has 6 heteroatoms. The predicted octanol–water partition coefficient (Wildman–Crippen LogP) is 5.04. The average Bonchev–Trinajstić information content (AvgIpc) is 3.52. The van der Waals surface area contributed by atoms with Crippen LogP contribution in [0.25, 0.3) is 22.1 Å². The zero-order chi connectivity index (χ0) is 21.9. The summed E-state index contributed by atoms with van der Waals surface area (Å²) in [6.45, 7) is 0.402. The van der Waals surface area contributed by atoms with Gasteiger partial charge in [-0.1, -0.05) is 54.6 Å². The number of furan rings is 1. The zero-order valence-electron chi connectivity index (χ0n) is 17.4. The second-order valence-corrected chi connectivity index (χ2v) is 8.69. The van der Waals surface area contributed by atoms with Crippen LogP contribution in [0, 0.1) is 0 Å². The van der Waals surface area contributed by atoms with E-state index in [1.165, 1.54) is 0 Å². The fraction of sp³-hybridized carbons (Fsp3) is 0.154. The minimum Gasteiger partial charge on any atom is -0.464 e. The third-order valence-electron chi connectivity index (χ3n) is 5.72. The van der Waals surface area contributed by atoms with Crippen LogP contribution in [0.3, 0.4) is 0 Å². The van der Waals surface area contributed by atoms with Crippen molar-refractivity contribution >= 4 is 34.5 Å². The maximum Gasteiger partial charge on any atom is 0.255 e.